The van der Waals surface area contributed by atoms with Gasteiger partial charge in [-0.05, 0) is 68.5 Å². The maximum atomic E-state index is 11.9. The first-order chi connectivity index (χ1) is 21.2. The first kappa shape index (κ1) is 32.7. The molecule has 0 bridgehead atoms. The van der Waals surface area contributed by atoms with Crippen LogP contribution in [0.1, 0.15) is 51.5 Å². The largest absolute Gasteiger partial charge is 0.508 e. The topological polar surface area (TPSA) is 127 Å². The third-order valence-corrected chi connectivity index (χ3v) is 7.66. The number of hydrogen-bond acceptors (Lipinski definition) is 7. The van der Waals surface area contributed by atoms with Crippen LogP contribution in [0, 0.1) is 6.92 Å². The number of carbonyl (C=O) groups is 2. The van der Waals surface area contributed by atoms with E-state index in [1.807, 2.05) is 25.1 Å². The van der Waals surface area contributed by atoms with Gasteiger partial charge in [-0.15, -0.1) is 0 Å². The van der Waals surface area contributed by atoms with Crippen LogP contribution < -0.4 is 16.1 Å². The third-order valence-electron chi connectivity index (χ3n) is 7.66. The van der Waals surface area contributed by atoms with Gasteiger partial charge < -0.3 is 29.6 Å². The van der Waals surface area contributed by atoms with Crippen molar-refractivity contribution in [2.45, 2.75) is 71.1 Å². The molecule has 234 valence electrons. The highest BCUT2D eigenvalue weighted by Gasteiger charge is 2.33. The molecule has 3 atom stereocenters. The molecule has 0 unspecified atom stereocenters. The van der Waals surface area contributed by atoms with Gasteiger partial charge in [0.15, 0.2) is 5.43 Å². The molecule has 1 saturated heterocycles. The molecule has 0 saturated carbocycles. The van der Waals surface area contributed by atoms with Crippen molar-refractivity contribution in [1.29, 1.82) is 0 Å². The first-order valence-corrected chi connectivity index (χ1v) is 15.1. The molecule has 2 amide bonds. The molecule has 9 nitrogen and oxygen atoms in total. The first-order valence-electron chi connectivity index (χ1n) is 15.1. The lowest BCUT2D eigenvalue weighted by Gasteiger charge is -2.19. The summed E-state index contributed by atoms with van der Waals surface area (Å²) >= 11 is 0. The minimum absolute atomic E-state index is 0.00715. The molecule has 2 aromatic rings. The Bertz CT molecular complexity index is 1600. The number of unbranched alkanes of at least 4 members (excludes halogenated alkanes) is 2. The zero-order valence-corrected chi connectivity index (χ0v) is 25.9. The summed E-state index contributed by atoms with van der Waals surface area (Å²) in [5.41, 5.74) is 4.58. The highest BCUT2D eigenvalue weighted by Crippen LogP contribution is 2.41. The van der Waals surface area contributed by atoms with Crippen LogP contribution in [0.5, 0.6) is 5.75 Å². The number of phenols is 1. The van der Waals surface area contributed by atoms with E-state index in [2.05, 4.69) is 29.7 Å². The van der Waals surface area contributed by atoms with Gasteiger partial charge in [0.05, 0.1) is 18.8 Å². The molecular weight excluding hydrogens is 560 g/mol. The normalized spacial score (nSPS) is 17.7. The van der Waals surface area contributed by atoms with E-state index in [1.165, 1.54) is 13.0 Å². The van der Waals surface area contributed by atoms with Crippen molar-refractivity contribution in [3.05, 3.63) is 76.5 Å². The average molecular weight is 603 g/mol. The number of amides is 2. The molecule has 44 heavy (non-hydrogen) atoms. The molecule has 0 aromatic heterocycles. The van der Waals surface area contributed by atoms with Crippen molar-refractivity contribution in [2.24, 2.45) is 0 Å². The van der Waals surface area contributed by atoms with E-state index in [4.69, 9.17) is 13.9 Å². The van der Waals surface area contributed by atoms with Gasteiger partial charge in [-0.3, -0.25) is 14.4 Å². The Kier molecular flexibility index (Phi) is 11.5. The molecule has 9 heteroatoms. The molecule has 1 fully saturated rings. The van der Waals surface area contributed by atoms with Crippen LogP contribution in [-0.4, -0.2) is 55.4 Å². The van der Waals surface area contributed by atoms with Crippen LogP contribution in [0.4, 0.5) is 0 Å². The smallest absolute Gasteiger partial charge is 0.220 e. The summed E-state index contributed by atoms with van der Waals surface area (Å²) in [7, 11) is 1.64. The quantitative estimate of drug-likeness (QED) is 0.160. The zero-order valence-electron chi connectivity index (χ0n) is 25.9. The molecule has 1 aliphatic carbocycles. The Labute approximate surface area is 257 Å². The molecule has 5 rings (SSSR count). The molecule has 3 N–H and O–H groups in total. The van der Waals surface area contributed by atoms with Crippen LogP contribution >= 0.6 is 0 Å². The van der Waals surface area contributed by atoms with E-state index >= 15 is 0 Å². The lowest BCUT2D eigenvalue weighted by molar-refractivity contribution is -0.122. The summed E-state index contributed by atoms with van der Waals surface area (Å²) in [6.45, 7) is 6.76. The maximum Gasteiger partial charge on any atom is 0.220 e. The molecule has 0 radical (unpaired) electrons. The second-order valence-corrected chi connectivity index (χ2v) is 11.3. The zero-order chi connectivity index (χ0) is 31.6. The average Bonchev–Trinajstić information content (AvgIpc) is 3.32. The number of methoxy groups -OCH3 is 1. The molecule has 3 aliphatic rings. The van der Waals surface area contributed by atoms with Crippen molar-refractivity contribution < 1.29 is 28.6 Å². The molecular formula is C35H42N2O7. The van der Waals surface area contributed by atoms with Crippen molar-refractivity contribution in [2.75, 3.05) is 20.3 Å². The highest BCUT2D eigenvalue weighted by atomic mass is 16.5. The fraction of sp³-hybridized carbons (Fsp3) is 0.400. The molecule has 2 aromatic carbocycles. The Hall–Kier alpha value is -4.21. The van der Waals surface area contributed by atoms with Crippen LogP contribution in [0.15, 0.2) is 69.9 Å². The monoisotopic (exact) mass is 602 g/mol. The lowest BCUT2D eigenvalue weighted by Crippen LogP contribution is -2.42. The summed E-state index contributed by atoms with van der Waals surface area (Å²) in [4.78, 5) is 34.3. The van der Waals surface area contributed by atoms with Gasteiger partial charge in [0.1, 0.15) is 23.2 Å². The summed E-state index contributed by atoms with van der Waals surface area (Å²) in [6, 6.07) is 18.1. The number of ether oxygens (including phenoxy) is 2. The number of phenolic OH excluding ortho intramolecular Hbond substituents is 1. The number of rotatable bonds is 10. The lowest BCUT2D eigenvalue weighted by atomic mass is 9.91. The fourth-order valence-electron chi connectivity index (χ4n) is 5.56. The van der Waals surface area contributed by atoms with Crippen molar-refractivity contribution >= 4 is 22.8 Å². The van der Waals surface area contributed by atoms with E-state index in [1.54, 1.807) is 31.4 Å². The van der Waals surface area contributed by atoms with Gasteiger partial charge in [0, 0.05) is 55.6 Å². The van der Waals surface area contributed by atoms with Crippen LogP contribution in [0.3, 0.4) is 0 Å². The van der Waals surface area contributed by atoms with E-state index in [-0.39, 0.29) is 41.2 Å². The number of carbonyl (C=O) groups excluding carboxylic acids is 2. The van der Waals surface area contributed by atoms with Crippen molar-refractivity contribution in [1.82, 2.24) is 10.6 Å². The summed E-state index contributed by atoms with van der Waals surface area (Å²) in [5.74, 6) is 0.717. The van der Waals surface area contributed by atoms with E-state index in [9.17, 15) is 19.5 Å². The van der Waals surface area contributed by atoms with Crippen LogP contribution in [0.25, 0.3) is 33.4 Å². The predicted molar refractivity (Wildman–Crippen MR) is 171 cm³/mol. The van der Waals surface area contributed by atoms with Gasteiger partial charge >= 0.3 is 0 Å². The second-order valence-electron chi connectivity index (χ2n) is 11.3. The van der Waals surface area contributed by atoms with E-state index in [0.29, 0.717) is 30.9 Å². The highest BCUT2D eigenvalue weighted by molar-refractivity contribution is 6.02. The number of hydrogen-bond donors (Lipinski definition) is 3. The van der Waals surface area contributed by atoms with Gasteiger partial charge in [0.2, 0.25) is 11.8 Å². The summed E-state index contributed by atoms with van der Waals surface area (Å²) in [6.07, 6.45) is 4.15. The van der Waals surface area contributed by atoms with Gasteiger partial charge in [-0.2, -0.15) is 0 Å². The Morgan fingerprint density at radius 2 is 1.82 bits per heavy atom. The Balaban J connectivity index is 0.000000202. The standard InChI is InChI=1S/C20H14O3.C15H28N2O4/c1-12-4-2-3-5-15(12)20-16-8-6-13(21)10-18(16)23-19-11-14(22)7-9-17(19)20;1-11-9-13(14(21-11)10-20-3)17-15(19)7-5-4-6-8-16-12(2)18/h2-11,21H,1H3;11,13-14H,4-10H2,1-3H3,(H,16,18)(H,17,19)/t;11-,13-,14+/m.0/s1. The van der Waals surface area contributed by atoms with Crippen LogP contribution in [-0.2, 0) is 19.1 Å². The number of aromatic hydroxyl groups is 1. The SMILES string of the molecule is COC[C@H]1O[C@@H](C)C[C@@H]1NC(=O)CCCCCNC(C)=O.Cc1ccccc1-c1c2ccc(=O)cc-2oc2cc(O)ccc12. The van der Waals surface area contributed by atoms with Crippen molar-refractivity contribution in [3.8, 4) is 28.2 Å². The number of aryl methyl sites for hydroxylation is 1. The van der Waals surface area contributed by atoms with E-state index < -0.39 is 0 Å². The number of fused-ring (bicyclic) bond motifs is 2. The minimum Gasteiger partial charge on any atom is -0.508 e. The minimum atomic E-state index is -0.100. The summed E-state index contributed by atoms with van der Waals surface area (Å²) < 4.78 is 16.7. The maximum absolute atomic E-state index is 11.9. The van der Waals surface area contributed by atoms with Crippen molar-refractivity contribution in [3.63, 3.8) is 0 Å². The second kappa shape index (κ2) is 15.5. The predicted octanol–water partition coefficient (Wildman–Crippen LogP) is 5.57. The molecule has 2 aliphatic heterocycles. The van der Waals surface area contributed by atoms with Gasteiger partial charge in [-0.1, -0.05) is 30.7 Å². The van der Waals surface area contributed by atoms with E-state index in [0.717, 1.165) is 53.3 Å². The molecule has 0 spiro atoms. The summed E-state index contributed by atoms with van der Waals surface area (Å²) in [5, 5.41) is 16.4. The molecule has 2 heterocycles. The van der Waals surface area contributed by atoms with Crippen LogP contribution in [0.2, 0.25) is 0 Å². The fourth-order valence-corrected chi connectivity index (χ4v) is 5.56. The number of nitrogens with one attached hydrogen (secondary N) is 2. The Morgan fingerprint density at radius 1 is 1.02 bits per heavy atom. The van der Waals surface area contributed by atoms with Gasteiger partial charge in [-0.25, -0.2) is 0 Å². The Morgan fingerprint density at radius 3 is 2.57 bits per heavy atom. The third kappa shape index (κ3) is 8.67. The van der Waals surface area contributed by atoms with Gasteiger partial charge in [0.25, 0.3) is 0 Å². The number of benzene rings is 3.